The lowest BCUT2D eigenvalue weighted by Crippen LogP contribution is -2.30. The first kappa shape index (κ1) is 14.9. The highest BCUT2D eigenvalue weighted by Crippen LogP contribution is 2.46. The Balaban J connectivity index is 2.33. The van der Waals surface area contributed by atoms with Gasteiger partial charge in [-0.25, -0.2) is 0 Å². The van der Waals surface area contributed by atoms with Crippen molar-refractivity contribution in [2.24, 2.45) is 5.41 Å². The van der Waals surface area contributed by atoms with E-state index in [2.05, 4.69) is 6.07 Å². The monoisotopic (exact) mass is 283 g/mol. The van der Waals surface area contributed by atoms with Crippen molar-refractivity contribution in [3.63, 3.8) is 0 Å². The standard InChI is InChI=1S/C15H16F3NO/c16-15(17,18)12-6-4-5-11(9-12)13(20)14(10-19)7-2-1-3-8-14/h4-6,9,13,20H,1-3,7-8H2. The van der Waals surface area contributed by atoms with Gasteiger partial charge in [0.05, 0.1) is 23.2 Å². The first-order valence-electron chi connectivity index (χ1n) is 6.65. The number of hydrogen-bond donors (Lipinski definition) is 1. The van der Waals surface area contributed by atoms with Crippen molar-refractivity contribution in [1.29, 1.82) is 5.26 Å². The van der Waals surface area contributed by atoms with E-state index in [4.69, 9.17) is 0 Å². The van der Waals surface area contributed by atoms with Crippen LogP contribution in [0.25, 0.3) is 0 Å². The quantitative estimate of drug-likeness (QED) is 0.883. The molecule has 1 fully saturated rings. The SMILES string of the molecule is N#CC1(C(O)c2cccc(C(F)(F)F)c2)CCCCC1. The van der Waals surface area contributed by atoms with E-state index in [0.717, 1.165) is 31.4 Å². The molecule has 5 heteroatoms. The van der Waals surface area contributed by atoms with Crippen molar-refractivity contribution in [1.82, 2.24) is 0 Å². The highest BCUT2D eigenvalue weighted by Gasteiger charge is 2.41. The minimum atomic E-state index is -4.44. The zero-order valence-corrected chi connectivity index (χ0v) is 11.0. The van der Waals surface area contributed by atoms with Crippen LogP contribution < -0.4 is 0 Å². The molecular formula is C15H16F3NO. The van der Waals surface area contributed by atoms with Gasteiger partial charge in [-0.1, -0.05) is 31.4 Å². The maximum Gasteiger partial charge on any atom is 0.416 e. The number of nitrogens with zero attached hydrogens (tertiary/aromatic N) is 1. The summed E-state index contributed by atoms with van der Waals surface area (Å²) in [7, 11) is 0. The number of nitriles is 1. The Morgan fingerprint density at radius 2 is 1.85 bits per heavy atom. The van der Waals surface area contributed by atoms with E-state index in [1.807, 2.05) is 0 Å². The van der Waals surface area contributed by atoms with Crippen LogP contribution in [-0.4, -0.2) is 5.11 Å². The van der Waals surface area contributed by atoms with Crippen LogP contribution in [0, 0.1) is 16.7 Å². The van der Waals surface area contributed by atoms with Gasteiger partial charge in [0.1, 0.15) is 0 Å². The van der Waals surface area contributed by atoms with Crippen LogP contribution in [0.1, 0.15) is 49.3 Å². The first-order chi connectivity index (χ1) is 9.39. The summed E-state index contributed by atoms with van der Waals surface area (Å²) in [5.74, 6) is 0. The topological polar surface area (TPSA) is 44.0 Å². The number of aliphatic hydroxyl groups excluding tert-OH is 1. The molecule has 2 rings (SSSR count). The number of benzene rings is 1. The maximum atomic E-state index is 12.7. The second-order valence-corrected chi connectivity index (χ2v) is 5.35. The zero-order valence-electron chi connectivity index (χ0n) is 11.0. The minimum absolute atomic E-state index is 0.170. The Bertz CT molecular complexity index is 513. The molecule has 1 saturated carbocycles. The summed E-state index contributed by atoms with van der Waals surface area (Å²) in [6.45, 7) is 0. The molecule has 1 N–H and O–H groups in total. The highest BCUT2D eigenvalue weighted by atomic mass is 19.4. The van der Waals surface area contributed by atoms with E-state index in [0.29, 0.717) is 12.8 Å². The molecule has 0 bridgehead atoms. The van der Waals surface area contributed by atoms with Gasteiger partial charge in [-0.2, -0.15) is 18.4 Å². The van der Waals surface area contributed by atoms with Gasteiger partial charge < -0.3 is 5.11 Å². The van der Waals surface area contributed by atoms with Crippen LogP contribution in [0.15, 0.2) is 24.3 Å². The Kier molecular flexibility index (Phi) is 4.05. The Morgan fingerprint density at radius 3 is 2.40 bits per heavy atom. The average molecular weight is 283 g/mol. The van der Waals surface area contributed by atoms with Crippen molar-refractivity contribution in [2.45, 2.75) is 44.4 Å². The van der Waals surface area contributed by atoms with Crippen molar-refractivity contribution in [2.75, 3.05) is 0 Å². The first-order valence-corrected chi connectivity index (χ1v) is 6.65. The summed E-state index contributed by atoms with van der Waals surface area (Å²) in [6.07, 6.45) is -1.91. The second kappa shape index (κ2) is 5.45. The van der Waals surface area contributed by atoms with Gasteiger partial charge in [-0.15, -0.1) is 0 Å². The summed E-state index contributed by atoms with van der Waals surface area (Å²) in [6, 6.07) is 6.78. The van der Waals surface area contributed by atoms with Crippen LogP contribution in [-0.2, 0) is 6.18 Å². The molecule has 1 aliphatic carbocycles. The molecule has 0 radical (unpaired) electrons. The lowest BCUT2D eigenvalue weighted by atomic mass is 9.69. The summed E-state index contributed by atoms with van der Waals surface area (Å²) in [5, 5.41) is 19.8. The molecule has 0 spiro atoms. The Hall–Kier alpha value is -1.54. The van der Waals surface area contributed by atoms with E-state index in [-0.39, 0.29) is 5.56 Å². The third-order valence-corrected chi connectivity index (χ3v) is 4.02. The predicted octanol–water partition coefficient (Wildman–Crippen LogP) is 4.21. The molecule has 1 aromatic rings. The number of rotatable bonds is 2. The second-order valence-electron chi connectivity index (χ2n) is 5.35. The summed E-state index contributed by atoms with van der Waals surface area (Å²) >= 11 is 0. The van der Waals surface area contributed by atoms with Crippen LogP contribution in [0.5, 0.6) is 0 Å². The smallest absolute Gasteiger partial charge is 0.387 e. The maximum absolute atomic E-state index is 12.7. The molecule has 0 aromatic heterocycles. The molecule has 108 valence electrons. The Morgan fingerprint density at radius 1 is 1.20 bits per heavy atom. The van der Waals surface area contributed by atoms with Gasteiger partial charge >= 0.3 is 6.18 Å². The summed E-state index contributed by atoms with van der Waals surface area (Å²) in [4.78, 5) is 0. The molecule has 1 atom stereocenters. The Labute approximate surface area is 115 Å². The molecule has 20 heavy (non-hydrogen) atoms. The van der Waals surface area contributed by atoms with E-state index in [9.17, 15) is 23.5 Å². The molecule has 0 heterocycles. The lowest BCUT2D eigenvalue weighted by molar-refractivity contribution is -0.137. The van der Waals surface area contributed by atoms with E-state index in [1.165, 1.54) is 12.1 Å². The molecular weight excluding hydrogens is 267 g/mol. The summed E-state index contributed by atoms with van der Waals surface area (Å²) in [5.41, 5.74) is -1.58. The summed E-state index contributed by atoms with van der Waals surface area (Å²) < 4.78 is 38.1. The van der Waals surface area contributed by atoms with Crippen molar-refractivity contribution in [3.8, 4) is 6.07 Å². The predicted molar refractivity (Wildman–Crippen MR) is 67.5 cm³/mol. The molecule has 1 aliphatic rings. The fourth-order valence-corrected chi connectivity index (χ4v) is 2.83. The van der Waals surface area contributed by atoms with Crippen molar-refractivity contribution in [3.05, 3.63) is 35.4 Å². The molecule has 2 nitrogen and oxygen atoms in total. The van der Waals surface area contributed by atoms with Crippen LogP contribution in [0.4, 0.5) is 13.2 Å². The van der Waals surface area contributed by atoms with Gasteiger partial charge in [-0.3, -0.25) is 0 Å². The molecule has 0 saturated heterocycles. The number of hydrogen-bond acceptors (Lipinski definition) is 2. The minimum Gasteiger partial charge on any atom is -0.387 e. The zero-order chi connectivity index (χ0) is 14.8. The lowest BCUT2D eigenvalue weighted by Gasteiger charge is -2.35. The van der Waals surface area contributed by atoms with Crippen LogP contribution in [0.2, 0.25) is 0 Å². The van der Waals surface area contributed by atoms with Gasteiger partial charge in [0.15, 0.2) is 0 Å². The van der Waals surface area contributed by atoms with Gasteiger partial charge in [0, 0.05) is 0 Å². The molecule has 1 aromatic carbocycles. The third-order valence-electron chi connectivity index (χ3n) is 4.02. The molecule has 0 amide bonds. The average Bonchev–Trinajstić information content (AvgIpc) is 2.46. The van der Waals surface area contributed by atoms with E-state index >= 15 is 0 Å². The van der Waals surface area contributed by atoms with E-state index in [1.54, 1.807) is 0 Å². The van der Waals surface area contributed by atoms with Gasteiger partial charge in [0.2, 0.25) is 0 Å². The number of aliphatic hydroxyl groups is 1. The van der Waals surface area contributed by atoms with E-state index < -0.39 is 23.3 Å². The fourth-order valence-electron chi connectivity index (χ4n) is 2.83. The number of halogens is 3. The fraction of sp³-hybridized carbons (Fsp3) is 0.533. The van der Waals surface area contributed by atoms with Gasteiger partial charge in [-0.05, 0) is 30.5 Å². The molecule has 1 unspecified atom stereocenters. The normalized spacial score (nSPS) is 20.1. The van der Waals surface area contributed by atoms with Gasteiger partial charge in [0.25, 0.3) is 0 Å². The van der Waals surface area contributed by atoms with Crippen LogP contribution in [0.3, 0.4) is 0 Å². The largest absolute Gasteiger partial charge is 0.416 e. The van der Waals surface area contributed by atoms with Crippen LogP contribution >= 0.6 is 0 Å². The van der Waals surface area contributed by atoms with Crippen molar-refractivity contribution < 1.29 is 18.3 Å². The van der Waals surface area contributed by atoms with Crippen molar-refractivity contribution >= 4 is 0 Å². The molecule has 0 aliphatic heterocycles. The highest BCUT2D eigenvalue weighted by molar-refractivity contribution is 5.30. The number of alkyl halides is 3. The third kappa shape index (κ3) is 2.80.